The summed E-state index contributed by atoms with van der Waals surface area (Å²) in [4.78, 5) is 20.8. The molecule has 0 atom stereocenters. The van der Waals surface area contributed by atoms with Gasteiger partial charge >= 0.3 is 0 Å². The molecule has 0 bridgehead atoms. The third-order valence-electron chi connectivity index (χ3n) is 5.20. The third-order valence-corrected chi connectivity index (χ3v) is 5.61. The molecule has 0 spiro atoms. The molecule has 1 saturated carbocycles. The molecule has 0 unspecified atom stereocenters. The summed E-state index contributed by atoms with van der Waals surface area (Å²) >= 11 is -0.149. The van der Waals surface area contributed by atoms with Gasteiger partial charge in [0.25, 0.3) is 5.56 Å². The normalized spacial score (nSPS) is 15.1. The first kappa shape index (κ1) is 18.0. The van der Waals surface area contributed by atoms with Crippen molar-refractivity contribution in [2.24, 2.45) is 0 Å². The van der Waals surface area contributed by atoms with Crippen molar-refractivity contribution in [3.05, 3.63) is 64.5 Å². The van der Waals surface area contributed by atoms with E-state index >= 15 is 0 Å². The van der Waals surface area contributed by atoms with Crippen LogP contribution in [0.25, 0.3) is 10.9 Å². The molecule has 1 aliphatic rings. The zero-order valence-electron chi connectivity index (χ0n) is 14.9. The zero-order valence-corrected chi connectivity index (χ0v) is 15.7. The van der Waals surface area contributed by atoms with Crippen LogP contribution in [0, 0.1) is 0 Å². The quantitative estimate of drug-likeness (QED) is 0.683. The van der Waals surface area contributed by atoms with Gasteiger partial charge in [-0.15, -0.1) is 3.89 Å². The highest BCUT2D eigenvalue weighted by Crippen LogP contribution is 2.32. The van der Waals surface area contributed by atoms with Crippen molar-refractivity contribution >= 4 is 28.9 Å². The number of nitrogens with one attached hydrogen (secondary N) is 1. The van der Waals surface area contributed by atoms with Crippen molar-refractivity contribution in [3.63, 3.8) is 0 Å². The van der Waals surface area contributed by atoms with Gasteiger partial charge in [0.15, 0.2) is 12.3 Å². The molecule has 3 aromatic rings. The molecular weight excluding hydrogens is 363 g/mol. The molecule has 1 fully saturated rings. The Morgan fingerprint density at radius 3 is 2.74 bits per heavy atom. The lowest BCUT2D eigenvalue weighted by Gasteiger charge is -2.21. The van der Waals surface area contributed by atoms with Crippen molar-refractivity contribution in [2.45, 2.75) is 44.6 Å². The summed E-state index contributed by atoms with van der Waals surface area (Å²) in [6, 6.07) is 9.53. The summed E-state index contributed by atoms with van der Waals surface area (Å²) < 4.78 is 13.5. The van der Waals surface area contributed by atoms with Gasteiger partial charge in [-0.1, -0.05) is 25.3 Å². The summed E-state index contributed by atoms with van der Waals surface area (Å²) in [5.74, 6) is 0.659. The van der Waals surface area contributed by atoms with Crippen LogP contribution in [0.2, 0.25) is 0 Å². The smallest absolute Gasteiger partial charge is 0.273 e. The number of nitrogens with zero attached hydrogens (tertiary/aromatic N) is 3. The number of rotatable bonds is 5. The first-order chi connectivity index (χ1) is 13.2. The highest BCUT2D eigenvalue weighted by Gasteiger charge is 2.15. The monoisotopic (exact) mass is 384 g/mol. The van der Waals surface area contributed by atoms with E-state index in [4.69, 9.17) is 0 Å². The van der Waals surface area contributed by atoms with Crippen LogP contribution in [-0.2, 0) is 6.54 Å². The molecule has 2 aromatic heterocycles. The Bertz CT molecular complexity index is 983. The minimum atomic E-state index is -0.404. The standard InChI is InChI=1S/C20H21FN4OS/c21-27-25-13-24-19-10-16(8-9-18(19)20(25)26)23-12-17-7-6-15(11-22-17)14-4-2-1-3-5-14/h6-11,13-14,23H,1-5,12H2. The number of hydrogen-bond donors (Lipinski definition) is 1. The van der Waals surface area contributed by atoms with Gasteiger partial charge in [-0.25, -0.2) is 8.96 Å². The average Bonchev–Trinajstić information content (AvgIpc) is 2.73. The summed E-state index contributed by atoms with van der Waals surface area (Å²) in [5, 5.41) is 3.70. The fourth-order valence-electron chi connectivity index (χ4n) is 3.67. The van der Waals surface area contributed by atoms with Crippen LogP contribution in [0.4, 0.5) is 9.57 Å². The van der Waals surface area contributed by atoms with Crippen LogP contribution in [0.3, 0.4) is 0 Å². The molecular formula is C20H21FN4OS. The summed E-state index contributed by atoms with van der Waals surface area (Å²) in [6.07, 6.45) is 9.74. The van der Waals surface area contributed by atoms with Crippen LogP contribution in [0.5, 0.6) is 0 Å². The van der Waals surface area contributed by atoms with E-state index in [1.807, 2.05) is 6.20 Å². The fourth-order valence-corrected chi connectivity index (χ4v) is 3.92. The second kappa shape index (κ2) is 8.08. The van der Waals surface area contributed by atoms with E-state index in [0.29, 0.717) is 23.4 Å². The fraction of sp³-hybridized carbons (Fsp3) is 0.350. The Morgan fingerprint density at radius 2 is 2.00 bits per heavy atom. The van der Waals surface area contributed by atoms with Gasteiger partial charge in [0.1, 0.15) is 6.33 Å². The van der Waals surface area contributed by atoms with Gasteiger partial charge in [0.2, 0.25) is 0 Å². The van der Waals surface area contributed by atoms with E-state index in [1.54, 1.807) is 18.2 Å². The number of pyridine rings is 1. The Morgan fingerprint density at radius 1 is 1.15 bits per heavy atom. The van der Waals surface area contributed by atoms with Crippen LogP contribution in [-0.4, -0.2) is 13.9 Å². The van der Waals surface area contributed by atoms with E-state index in [2.05, 4.69) is 27.4 Å². The van der Waals surface area contributed by atoms with Crippen molar-refractivity contribution in [3.8, 4) is 0 Å². The number of anilines is 1. The SMILES string of the molecule is O=c1c2ccc(NCc3ccc(C4CCCCC4)cn3)cc2ncn1SF. The molecule has 7 heteroatoms. The number of halogens is 1. The Hall–Kier alpha value is -2.41. The maximum atomic E-state index is 12.7. The molecule has 0 aliphatic heterocycles. The Labute approximate surface area is 161 Å². The maximum absolute atomic E-state index is 12.7. The molecule has 1 aliphatic carbocycles. The van der Waals surface area contributed by atoms with E-state index in [9.17, 15) is 8.68 Å². The van der Waals surface area contributed by atoms with Gasteiger partial charge in [-0.3, -0.25) is 9.78 Å². The topological polar surface area (TPSA) is 59.8 Å². The summed E-state index contributed by atoms with van der Waals surface area (Å²) in [6.45, 7) is 0.591. The van der Waals surface area contributed by atoms with E-state index in [-0.39, 0.29) is 12.3 Å². The largest absolute Gasteiger partial charge is 0.379 e. The number of aromatic nitrogens is 3. The van der Waals surface area contributed by atoms with Crippen LogP contribution in [0.1, 0.15) is 49.3 Å². The van der Waals surface area contributed by atoms with Gasteiger partial charge < -0.3 is 5.32 Å². The molecule has 1 N–H and O–H groups in total. The molecule has 0 radical (unpaired) electrons. The van der Waals surface area contributed by atoms with Crippen LogP contribution in [0.15, 0.2) is 47.7 Å². The summed E-state index contributed by atoms with van der Waals surface area (Å²) in [5.41, 5.74) is 3.29. The molecule has 1 aromatic carbocycles. The predicted octanol–water partition coefficient (Wildman–Crippen LogP) is 4.83. The first-order valence-electron chi connectivity index (χ1n) is 9.24. The molecule has 0 saturated heterocycles. The number of hydrogen-bond acceptors (Lipinski definition) is 5. The lowest BCUT2D eigenvalue weighted by molar-refractivity contribution is 0.443. The molecule has 2 heterocycles. The third kappa shape index (κ3) is 3.98. The van der Waals surface area contributed by atoms with Crippen LogP contribution < -0.4 is 10.9 Å². The lowest BCUT2D eigenvalue weighted by atomic mass is 9.85. The van der Waals surface area contributed by atoms with E-state index in [1.165, 1.54) is 44.0 Å². The number of benzene rings is 1. The molecule has 0 amide bonds. The van der Waals surface area contributed by atoms with Gasteiger partial charge in [-0.2, -0.15) is 0 Å². The Kier molecular flexibility index (Phi) is 5.38. The highest BCUT2D eigenvalue weighted by atomic mass is 32.2. The molecule has 4 rings (SSSR count). The van der Waals surface area contributed by atoms with E-state index in [0.717, 1.165) is 15.4 Å². The van der Waals surface area contributed by atoms with Crippen molar-refractivity contribution < 1.29 is 3.89 Å². The minimum absolute atomic E-state index is 0.149. The minimum Gasteiger partial charge on any atom is -0.379 e. The first-order valence-corrected chi connectivity index (χ1v) is 9.91. The van der Waals surface area contributed by atoms with Crippen LogP contribution >= 0.6 is 12.3 Å². The molecule has 5 nitrogen and oxygen atoms in total. The van der Waals surface area contributed by atoms with Crippen molar-refractivity contribution in [2.75, 3.05) is 5.32 Å². The highest BCUT2D eigenvalue weighted by molar-refractivity contribution is 7.92. The predicted molar refractivity (Wildman–Crippen MR) is 107 cm³/mol. The van der Waals surface area contributed by atoms with Crippen molar-refractivity contribution in [1.82, 2.24) is 13.9 Å². The molecule has 27 heavy (non-hydrogen) atoms. The van der Waals surface area contributed by atoms with E-state index < -0.39 is 5.56 Å². The Balaban J connectivity index is 1.44. The van der Waals surface area contributed by atoms with Gasteiger partial charge in [0, 0.05) is 11.9 Å². The van der Waals surface area contributed by atoms with Gasteiger partial charge in [-0.05, 0) is 48.6 Å². The van der Waals surface area contributed by atoms with Crippen molar-refractivity contribution in [1.29, 1.82) is 0 Å². The maximum Gasteiger partial charge on any atom is 0.273 e. The number of fused-ring (bicyclic) bond motifs is 1. The second-order valence-corrected chi connectivity index (χ2v) is 7.48. The van der Waals surface area contributed by atoms with Gasteiger partial charge in [0.05, 0.1) is 23.1 Å². The molecule has 140 valence electrons. The second-order valence-electron chi connectivity index (χ2n) is 6.95. The zero-order chi connectivity index (χ0) is 18.6. The lowest BCUT2D eigenvalue weighted by Crippen LogP contribution is -2.14. The average molecular weight is 384 g/mol. The summed E-state index contributed by atoms with van der Waals surface area (Å²) in [7, 11) is 0.